The summed E-state index contributed by atoms with van der Waals surface area (Å²) >= 11 is 0. The molecule has 96 valence electrons. The van der Waals surface area contributed by atoms with Crippen LogP contribution in [0.25, 0.3) is 11.3 Å². The van der Waals surface area contributed by atoms with E-state index in [1.165, 1.54) is 6.07 Å². The number of aromatic nitrogens is 2. The van der Waals surface area contributed by atoms with Crippen molar-refractivity contribution in [3.8, 4) is 17.0 Å². The van der Waals surface area contributed by atoms with Crippen LogP contribution in [0.5, 0.6) is 5.75 Å². The van der Waals surface area contributed by atoms with Gasteiger partial charge in [-0.1, -0.05) is 0 Å². The van der Waals surface area contributed by atoms with Crippen molar-refractivity contribution in [2.24, 2.45) is 5.73 Å². The third kappa shape index (κ3) is 2.83. The highest BCUT2D eigenvalue weighted by Gasteiger charge is 2.15. The molecule has 0 aliphatic rings. The van der Waals surface area contributed by atoms with Crippen LogP contribution >= 0.6 is 0 Å². The molecule has 0 unspecified atom stereocenters. The lowest BCUT2D eigenvalue weighted by molar-refractivity contribution is 0.0969. The molecule has 19 heavy (non-hydrogen) atoms. The average Bonchev–Trinajstić information content (AvgIpc) is 2.39. The molecule has 1 amide bonds. The van der Waals surface area contributed by atoms with Gasteiger partial charge in [0.1, 0.15) is 5.75 Å². The normalized spacial score (nSPS) is 9.89. The van der Waals surface area contributed by atoms with E-state index in [4.69, 9.17) is 11.1 Å². The number of nitrogens with zero attached hydrogens (tertiary/aromatic N) is 2. The summed E-state index contributed by atoms with van der Waals surface area (Å²) in [6, 6.07) is 6.39. The van der Waals surface area contributed by atoms with E-state index in [0.29, 0.717) is 5.69 Å². The molecular formula is C12H11N5O2. The summed E-state index contributed by atoms with van der Waals surface area (Å²) in [4.78, 5) is 19.6. The van der Waals surface area contributed by atoms with Crippen molar-refractivity contribution in [2.75, 3.05) is 0 Å². The number of carbonyl (C=O) groups is 1. The van der Waals surface area contributed by atoms with E-state index in [-0.39, 0.29) is 11.4 Å². The summed E-state index contributed by atoms with van der Waals surface area (Å²) in [5.74, 6) is -1.53. The fourth-order valence-corrected chi connectivity index (χ4v) is 1.48. The number of nitrogens with one attached hydrogen (secondary N) is 2. The van der Waals surface area contributed by atoms with Gasteiger partial charge in [-0.05, 0) is 24.3 Å². The highest BCUT2D eigenvalue weighted by atomic mass is 16.3. The van der Waals surface area contributed by atoms with Gasteiger partial charge in [-0.2, -0.15) is 0 Å². The first kappa shape index (κ1) is 12.5. The molecule has 0 aliphatic heterocycles. The molecule has 5 N–H and O–H groups in total. The number of carbonyl (C=O) groups excluding carboxylic acids is 1. The molecule has 0 atom stereocenters. The van der Waals surface area contributed by atoms with Crippen LogP contribution in [0.2, 0.25) is 0 Å². The first-order valence-corrected chi connectivity index (χ1v) is 5.33. The van der Waals surface area contributed by atoms with Crippen LogP contribution in [-0.2, 0) is 0 Å². The summed E-state index contributed by atoms with van der Waals surface area (Å²) < 4.78 is 0. The summed E-state index contributed by atoms with van der Waals surface area (Å²) in [5, 5.41) is 18.7. The van der Waals surface area contributed by atoms with Crippen LogP contribution in [0.15, 0.2) is 36.7 Å². The number of nitrogens with two attached hydrogens (primary N) is 1. The van der Waals surface area contributed by atoms with Gasteiger partial charge in [0.05, 0.1) is 5.69 Å². The zero-order valence-electron chi connectivity index (χ0n) is 9.79. The van der Waals surface area contributed by atoms with E-state index in [0.717, 1.165) is 5.56 Å². The standard InChI is InChI=1S/C12H11N5O2/c13-12(14)17-11(19)10-9(18)2-1-8(16-10)7-3-5-15-6-4-7/h1-6,18H,(H4,13,14,17,19). The Labute approximate surface area is 108 Å². The quantitative estimate of drug-likeness (QED) is 0.459. The van der Waals surface area contributed by atoms with Crippen molar-refractivity contribution < 1.29 is 9.90 Å². The lowest BCUT2D eigenvalue weighted by atomic mass is 10.1. The molecule has 7 nitrogen and oxygen atoms in total. The molecule has 0 radical (unpaired) electrons. The lowest BCUT2D eigenvalue weighted by Gasteiger charge is -2.07. The predicted octanol–water partition coefficient (Wildman–Crippen LogP) is 0.472. The minimum Gasteiger partial charge on any atom is -0.505 e. The molecule has 0 spiro atoms. The second-order valence-electron chi connectivity index (χ2n) is 3.67. The molecule has 7 heteroatoms. The van der Waals surface area contributed by atoms with E-state index in [1.54, 1.807) is 30.6 Å². The minimum absolute atomic E-state index is 0.190. The van der Waals surface area contributed by atoms with Gasteiger partial charge in [-0.15, -0.1) is 0 Å². The second-order valence-corrected chi connectivity index (χ2v) is 3.67. The molecule has 0 fully saturated rings. The number of aromatic hydroxyl groups is 1. The van der Waals surface area contributed by atoms with Crippen molar-refractivity contribution in [3.63, 3.8) is 0 Å². The van der Waals surface area contributed by atoms with Crippen LogP contribution in [0.4, 0.5) is 0 Å². The van der Waals surface area contributed by atoms with Gasteiger partial charge in [0.15, 0.2) is 11.7 Å². The number of hydrogen-bond donors (Lipinski definition) is 4. The highest BCUT2D eigenvalue weighted by molar-refractivity contribution is 6.04. The van der Waals surface area contributed by atoms with Crippen LogP contribution in [0.1, 0.15) is 10.5 Å². The van der Waals surface area contributed by atoms with E-state index in [9.17, 15) is 9.90 Å². The van der Waals surface area contributed by atoms with Gasteiger partial charge in [0.2, 0.25) is 0 Å². The van der Waals surface area contributed by atoms with Gasteiger partial charge in [0.25, 0.3) is 5.91 Å². The molecule has 0 aromatic carbocycles. The van der Waals surface area contributed by atoms with Crippen LogP contribution in [0, 0.1) is 5.41 Å². The first-order chi connectivity index (χ1) is 9.08. The van der Waals surface area contributed by atoms with Gasteiger partial charge < -0.3 is 10.8 Å². The third-order valence-corrected chi connectivity index (χ3v) is 2.31. The fourth-order valence-electron chi connectivity index (χ4n) is 1.48. The van der Waals surface area contributed by atoms with Gasteiger partial charge in [-0.3, -0.25) is 20.5 Å². The SMILES string of the molecule is N=C(N)NC(=O)c1nc(-c2ccncc2)ccc1O. The zero-order valence-corrected chi connectivity index (χ0v) is 9.79. The molecule has 0 saturated carbocycles. The Balaban J connectivity index is 2.40. The minimum atomic E-state index is -0.735. The third-order valence-electron chi connectivity index (χ3n) is 2.31. The fraction of sp³-hybridized carbons (Fsp3) is 0. The van der Waals surface area contributed by atoms with Crippen molar-refractivity contribution in [1.82, 2.24) is 15.3 Å². The highest BCUT2D eigenvalue weighted by Crippen LogP contribution is 2.21. The molecular weight excluding hydrogens is 246 g/mol. The number of amides is 1. The first-order valence-electron chi connectivity index (χ1n) is 5.33. The molecule has 0 bridgehead atoms. The zero-order chi connectivity index (χ0) is 13.8. The molecule has 2 aromatic rings. The monoisotopic (exact) mass is 257 g/mol. The van der Waals surface area contributed by atoms with E-state index >= 15 is 0 Å². The Kier molecular flexibility index (Phi) is 3.37. The Bertz CT molecular complexity index is 627. The number of guanidine groups is 1. The molecule has 2 rings (SSSR count). The maximum Gasteiger partial charge on any atom is 0.280 e. The Hall–Kier alpha value is -2.96. The molecule has 2 aromatic heterocycles. The summed E-state index contributed by atoms with van der Waals surface area (Å²) in [6.45, 7) is 0. The molecule has 0 saturated heterocycles. The van der Waals surface area contributed by atoms with Gasteiger partial charge in [-0.25, -0.2) is 4.98 Å². The maximum absolute atomic E-state index is 11.7. The predicted molar refractivity (Wildman–Crippen MR) is 68.5 cm³/mol. The van der Waals surface area contributed by atoms with E-state index in [2.05, 4.69) is 15.3 Å². The van der Waals surface area contributed by atoms with Crippen LogP contribution in [-0.4, -0.2) is 26.9 Å². The van der Waals surface area contributed by atoms with Crippen molar-refractivity contribution in [1.29, 1.82) is 5.41 Å². The van der Waals surface area contributed by atoms with Crippen molar-refractivity contribution in [3.05, 3.63) is 42.4 Å². The number of pyridine rings is 2. The van der Waals surface area contributed by atoms with Crippen LogP contribution in [0.3, 0.4) is 0 Å². The average molecular weight is 257 g/mol. The Morgan fingerprint density at radius 1 is 1.26 bits per heavy atom. The Morgan fingerprint density at radius 3 is 2.58 bits per heavy atom. The summed E-state index contributed by atoms with van der Waals surface area (Å²) in [5.41, 5.74) is 6.14. The summed E-state index contributed by atoms with van der Waals surface area (Å²) in [6.07, 6.45) is 3.19. The van der Waals surface area contributed by atoms with Crippen molar-refractivity contribution >= 4 is 11.9 Å². The largest absolute Gasteiger partial charge is 0.505 e. The van der Waals surface area contributed by atoms with Crippen molar-refractivity contribution in [2.45, 2.75) is 0 Å². The molecule has 0 aliphatic carbocycles. The summed E-state index contributed by atoms with van der Waals surface area (Å²) in [7, 11) is 0. The number of rotatable bonds is 2. The van der Waals surface area contributed by atoms with E-state index < -0.39 is 11.9 Å². The maximum atomic E-state index is 11.7. The van der Waals surface area contributed by atoms with E-state index in [1.807, 2.05) is 0 Å². The Morgan fingerprint density at radius 2 is 1.95 bits per heavy atom. The van der Waals surface area contributed by atoms with Gasteiger partial charge in [0, 0.05) is 18.0 Å². The van der Waals surface area contributed by atoms with Crippen LogP contribution < -0.4 is 11.1 Å². The number of hydrogen-bond acceptors (Lipinski definition) is 5. The second kappa shape index (κ2) is 5.13. The lowest BCUT2D eigenvalue weighted by Crippen LogP contribution is -2.36. The van der Waals surface area contributed by atoms with Gasteiger partial charge >= 0.3 is 0 Å². The smallest absolute Gasteiger partial charge is 0.280 e. The molecule has 2 heterocycles. The topological polar surface area (TPSA) is 125 Å².